The van der Waals surface area contributed by atoms with Gasteiger partial charge in [0, 0.05) is 24.7 Å². The molecule has 1 aliphatic rings. The number of carbonyl (C=O) groups is 1. The second-order valence-corrected chi connectivity index (χ2v) is 7.95. The van der Waals surface area contributed by atoms with Gasteiger partial charge in [-0.05, 0) is 49.3 Å². The van der Waals surface area contributed by atoms with E-state index >= 15 is 0 Å². The summed E-state index contributed by atoms with van der Waals surface area (Å²) in [5, 5.41) is 14.1. The first-order valence-corrected chi connectivity index (χ1v) is 9.86. The van der Waals surface area contributed by atoms with Gasteiger partial charge in [-0.15, -0.1) is 0 Å². The van der Waals surface area contributed by atoms with Crippen molar-refractivity contribution in [3.8, 4) is 5.75 Å². The van der Waals surface area contributed by atoms with Crippen LogP contribution in [0.25, 0.3) is 21.7 Å². The minimum Gasteiger partial charge on any atom is -0.491 e. The minimum absolute atomic E-state index is 0.0907. The van der Waals surface area contributed by atoms with Crippen molar-refractivity contribution in [2.45, 2.75) is 39.2 Å². The van der Waals surface area contributed by atoms with Crippen LogP contribution in [0.3, 0.4) is 0 Å². The fourth-order valence-electron chi connectivity index (χ4n) is 3.95. The van der Waals surface area contributed by atoms with Crippen molar-refractivity contribution >= 4 is 27.8 Å². The van der Waals surface area contributed by atoms with Crippen molar-refractivity contribution in [3.05, 3.63) is 46.0 Å². The third-order valence-electron chi connectivity index (χ3n) is 5.69. The average Bonchev–Trinajstić information content (AvgIpc) is 3.48. The van der Waals surface area contributed by atoms with E-state index in [0.29, 0.717) is 22.7 Å². The van der Waals surface area contributed by atoms with Crippen LogP contribution in [0.4, 0.5) is 4.79 Å². The van der Waals surface area contributed by atoms with Crippen LogP contribution in [0.1, 0.15) is 30.5 Å². The van der Waals surface area contributed by atoms with Crippen LogP contribution in [-0.2, 0) is 7.05 Å². The summed E-state index contributed by atoms with van der Waals surface area (Å²) in [4.78, 5) is 28.2. The summed E-state index contributed by atoms with van der Waals surface area (Å²) < 4.78 is 7.63. The number of nitrogens with zero attached hydrogens (tertiary/aromatic N) is 2. The van der Waals surface area contributed by atoms with E-state index in [2.05, 4.69) is 10.3 Å². The molecule has 1 saturated carbocycles. The highest BCUT2D eigenvalue weighted by Gasteiger charge is 2.27. The lowest BCUT2D eigenvalue weighted by molar-refractivity contribution is 0.178. The molecule has 1 aromatic carbocycles. The number of aromatic nitrogens is 2. The molecule has 0 radical (unpaired) electrons. The molecule has 7 heteroatoms. The molecule has 2 aromatic heterocycles. The van der Waals surface area contributed by atoms with E-state index in [1.165, 1.54) is 0 Å². The third-order valence-corrected chi connectivity index (χ3v) is 5.69. The van der Waals surface area contributed by atoms with Gasteiger partial charge in [-0.3, -0.25) is 9.78 Å². The number of ether oxygens (including phenoxy) is 1. The van der Waals surface area contributed by atoms with Gasteiger partial charge in [-0.1, -0.05) is 12.8 Å². The van der Waals surface area contributed by atoms with Gasteiger partial charge in [0.2, 0.25) is 0 Å². The Hall–Kier alpha value is -3.09. The predicted molar refractivity (Wildman–Crippen MR) is 112 cm³/mol. The monoisotopic (exact) mass is 395 g/mol. The lowest BCUT2D eigenvalue weighted by Gasteiger charge is -2.19. The highest BCUT2D eigenvalue weighted by atomic mass is 16.5. The van der Waals surface area contributed by atoms with Crippen LogP contribution < -0.4 is 15.6 Å². The van der Waals surface area contributed by atoms with E-state index in [0.717, 1.165) is 41.1 Å². The molecule has 0 spiro atoms. The van der Waals surface area contributed by atoms with E-state index < -0.39 is 6.09 Å². The topological polar surface area (TPSA) is 93.5 Å². The first kappa shape index (κ1) is 19.2. The van der Waals surface area contributed by atoms with Crippen LogP contribution >= 0.6 is 0 Å². The maximum atomic E-state index is 12.9. The second kappa shape index (κ2) is 7.39. The lowest BCUT2D eigenvalue weighted by atomic mass is 10.0. The second-order valence-electron chi connectivity index (χ2n) is 7.95. The number of aryl methyl sites for hydroxylation is 3. The molecule has 1 fully saturated rings. The fraction of sp³-hybridized carbons (Fsp3) is 0.409. The third kappa shape index (κ3) is 3.77. The zero-order valence-corrected chi connectivity index (χ0v) is 16.9. The molecule has 1 atom stereocenters. The number of hydrogen-bond acceptors (Lipinski definition) is 4. The Bertz CT molecular complexity index is 1160. The van der Waals surface area contributed by atoms with Crippen molar-refractivity contribution in [1.82, 2.24) is 14.9 Å². The Morgan fingerprint density at radius 3 is 2.79 bits per heavy atom. The summed E-state index contributed by atoms with van der Waals surface area (Å²) in [7, 11) is 1.75. The average molecular weight is 395 g/mol. The zero-order chi connectivity index (χ0) is 20.7. The van der Waals surface area contributed by atoms with Gasteiger partial charge in [0.05, 0.1) is 22.6 Å². The molecule has 7 nitrogen and oxygen atoms in total. The first-order valence-electron chi connectivity index (χ1n) is 9.86. The number of hydrogen-bond donors (Lipinski definition) is 2. The normalized spacial score (nSPS) is 14.9. The summed E-state index contributed by atoms with van der Waals surface area (Å²) in [6, 6.07) is 5.51. The van der Waals surface area contributed by atoms with E-state index in [4.69, 9.17) is 9.84 Å². The summed E-state index contributed by atoms with van der Waals surface area (Å²) in [5.74, 6) is 1.24. The smallest absolute Gasteiger partial charge is 0.404 e. The lowest BCUT2D eigenvalue weighted by Crippen LogP contribution is -2.38. The molecule has 1 amide bonds. The Labute approximate surface area is 168 Å². The maximum absolute atomic E-state index is 12.9. The molecular weight excluding hydrogens is 370 g/mol. The van der Waals surface area contributed by atoms with Crippen LogP contribution in [0, 0.1) is 19.8 Å². The molecule has 4 rings (SSSR count). The summed E-state index contributed by atoms with van der Waals surface area (Å²) in [6.45, 7) is 4.06. The Morgan fingerprint density at radius 1 is 1.34 bits per heavy atom. The van der Waals surface area contributed by atoms with E-state index in [9.17, 15) is 9.59 Å². The largest absolute Gasteiger partial charge is 0.491 e. The van der Waals surface area contributed by atoms with E-state index in [1.807, 2.05) is 32.0 Å². The van der Waals surface area contributed by atoms with E-state index in [-0.39, 0.29) is 18.2 Å². The minimum atomic E-state index is -1.03. The number of amides is 1. The summed E-state index contributed by atoms with van der Waals surface area (Å²) in [5.41, 5.74) is 2.34. The number of rotatable bonds is 6. The number of pyridine rings is 2. The van der Waals surface area contributed by atoms with Crippen molar-refractivity contribution in [1.29, 1.82) is 0 Å². The van der Waals surface area contributed by atoms with Gasteiger partial charge in [0.1, 0.15) is 12.4 Å². The Kier molecular flexibility index (Phi) is 4.90. The van der Waals surface area contributed by atoms with Gasteiger partial charge in [0.25, 0.3) is 5.56 Å². The predicted octanol–water partition coefficient (Wildman–Crippen LogP) is 3.52. The Morgan fingerprint density at radius 2 is 2.10 bits per heavy atom. The Balaban J connectivity index is 1.71. The number of fused-ring (bicyclic) bond motifs is 3. The van der Waals surface area contributed by atoms with Crippen molar-refractivity contribution in [2.75, 3.05) is 6.61 Å². The van der Waals surface area contributed by atoms with Gasteiger partial charge in [-0.25, -0.2) is 4.79 Å². The molecule has 0 saturated heterocycles. The number of carboxylic acid groups (broad SMARTS) is 1. The zero-order valence-electron chi connectivity index (χ0n) is 16.9. The molecule has 0 bridgehead atoms. The van der Waals surface area contributed by atoms with Crippen molar-refractivity contribution in [2.24, 2.45) is 13.0 Å². The van der Waals surface area contributed by atoms with Crippen LogP contribution in [0.5, 0.6) is 5.75 Å². The van der Waals surface area contributed by atoms with Gasteiger partial charge < -0.3 is 19.7 Å². The highest BCUT2D eigenvalue weighted by molar-refractivity contribution is 6.06. The summed E-state index contributed by atoms with van der Waals surface area (Å²) in [6.07, 6.45) is 3.77. The first-order chi connectivity index (χ1) is 13.8. The van der Waals surface area contributed by atoms with Crippen LogP contribution in [0.15, 0.2) is 29.2 Å². The quantitative estimate of drug-likeness (QED) is 0.623. The van der Waals surface area contributed by atoms with E-state index in [1.54, 1.807) is 17.8 Å². The molecule has 2 N–H and O–H groups in total. The highest BCUT2D eigenvalue weighted by Crippen LogP contribution is 2.34. The fourth-order valence-corrected chi connectivity index (χ4v) is 3.95. The molecular formula is C22H25N3O4. The standard InChI is InChI=1S/C22H25N3O4/c1-12-8-17-16-6-7-23-13(2)20(16)21(26)25(3)18(17)10-19(12)29-11-15(24-22(27)28)9-14-4-5-14/h6-8,10,14-15,24H,4-5,9,11H2,1-3H3,(H,27,28). The van der Waals surface area contributed by atoms with Gasteiger partial charge >= 0.3 is 6.09 Å². The SMILES string of the molecule is Cc1cc2c3ccnc(C)c3c(=O)n(C)c2cc1OCC(CC1CC1)NC(=O)O. The molecule has 3 aromatic rings. The summed E-state index contributed by atoms with van der Waals surface area (Å²) >= 11 is 0. The maximum Gasteiger partial charge on any atom is 0.404 e. The molecule has 29 heavy (non-hydrogen) atoms. The van der Waals surface area contributed by atoms with Gasteiger partial charge in [-0.2, -0.15) is 0 Å². The number of nitrogens with one attached hydrogen (secondary N) is 1. The number of benzene rings is 1. The van der Waals surface area contributed by atoms with Crippen LogP contribution in [0.2, 0.25) is 0 Å². The van der Waals surface area contributed by atoms with Crippen LogP contribution in [-0.4, -0.2) is 33.4 Å². The molecule has 2 heterocycles. The van der Waals surface area contributed by atoms with Crippen molar-refractivity contribution in [3.63, 3.8) is 0 Å². The molecule has 1 unspecified atom stereocenters. The molecule has 1 aliphatic carbocycles. The molecule has 0 aliphatic heterocycles. The van der Waals surface area contributed by atoms with Gasteiger partial charge in [0.15, 0.2) is 0 Å². The van der Waals surface area contributed by atoms with Crippen molar-refractivity contribution < 1.29 is 14.6 Å². The molecule has 152 valence electrons.